The smallest absolute Gasteiger partial charge is 0.252 e. The van der Waals surface area contributed by atoms with Gasteiger partial charge in [-0.25, -0.2) is 5.84 Å². The van der Waals surface area contributed by atoms with E-state index in [1.807, 2.05) is 30.3 Å². The minimum Gasteiger partial charge on any atom is -0.322 e. The highest BCUT2D eigenvalue weighted by molar-refractivity contribution is 6.31. The van der Waals surface area contributed by atoms with Gasteiger partial charge in [0.15, 0.2) is 0 Å². The second-order valence-electron chi connectivity index (χ2n) is 5.11. The summed E-state index contributed by atoms with van der Waals surface area (Å²) in [5.41, 5.74) is 4.29. The van der Waals surface area contributed by atoms with E-state index in [2.05, 4.69) is 10.4 Å². The fourth-order valence-corrected chi connectivity index (χ4v) is 2.79. The van der Waals surface area contributed by atoms with E-state index in [-0.39, 0.29) is 12.0 Å². The molecule has 1 aromatic heterocycles. The average Bonchev–Trinajstić information content (AvgIpc) is 2.56. The Labute approximate surface area is 137 Å². The molecule has 0 unspecified atom stereocenters. The SMILES string of the molecule is NNC(=O)Cc1c(-c2ccccc2)c2cc(Cl)ccc2[nH]c1=O. The van der Waals surface area contributed by atoms with Gasteiger partial charge in [0, 0.05) is 27.1 Å². The van der Waals surface area contributed by atoms with Crippen LogP contribution in [-0.2, 0) is 11.2 Å². The topological polar surface area (TPSA) is 88.0 Å². The number of halogens is 1. The molecule has 6 heteroatoms. The molecule has 0 aliphatic heterocycles. The number of nitrogens with two attached hydrogens (primary N) is 1. The molecule has 0 aliphatic rings. The van der Waals surface area contributed by atoms with E-state index in [0.717, 1.165) is 10.9 Å². The van der Waals surface area contributed by atoms with Gasteiger partial charge in [-0.3, -0.25) is 15.0 Å². The van der Waals surface area contributed by atoms with Gasteiger partial charge in [-0.2, -0.15) is 0 Å². The second-order valence-corrected chi connectivity index (χ2v) is 5.54. The van der Waals surface area contributed by atoms with Crippen LogP contribution in [0.3, 0.4) is 0 Å². The highest BCUT2D eigenvalue weighted by atomic mass is 35.5. The number of aromatic nitrogens is 1. The highest BCUT2D eigenvalue weighted by Crippen LogP contribution is 2.31. The highest BCUT2D eigenvalue weighted by Gasteiger charge is 2.17. The molecule has 0 radical (unpaired) electrons. The number of fused-ring (bicyclic) bond motifs is 1. The Morgan fingerprint density at radius 2 is 1.91 bits per heavy atom. The zero-order valence-electron chi connectivity index (χ0n) is 12.1. The van der Waals surface area contributed by atoms with Gasteiger partial charge in [0.05, 0.1) is 6.42 Å². The fourth-order valence-electron chi connectivity index (χ4n) is 2.62. The van der Waals surface area contributed by atoms with Crippen LogP contribution >= 0.6 is 11.6 Å². The molecule has 5 nitrogen and oxygen atoms in total. The summed E-state index contributed by atoms with van der Waals surface area (Å²) >= 11 is 6.11. The van der Waals surface area contributed by atoms with Crippen molar-refractivity contribution in [1.82, 2.24) is 10.4 Å². The van der Waals surface area contributed by atoms with Crippen LogP contribution in [0.2, 0.25) is 5.02 Å². The third-order valence-corrected chi connectivity index (χ3v) is 3.87. The summed E-state index contributed by atoms with van der Waals surface area (Å²) in [6.45, 7) is 0. The Balaban J connectivity index is 2.38. The van der Waals surface area contributed by atoms with Crippen molar-refractivity contribution in [3.05, 3.63) is 69.5 Å². The third-order valence-electron chi connectivity index (χ3n) is 3.64. The summed E-state index contributed by atoms with van der Waals surface area (Å²) in [5.74, 6) is 4.73. The molecular formula is C17H14ClN3O2. The Bertz CT molecular complexity index is 936. The number of nitrogens with one attached hydrogen (secondary N) is 2. The number of carbonyl (C=O) groups excluding carboxylic acids is 1. The van der Waals surface area contributed by atoms with Gasteiger partial charge in [-0.05, 0) is 23.8 Å². The minimum atomic E-state index is -0.436. The Morgan fingerprint density at radius 1 is 1.17 bits per heavy atom. The van der Waals surface area contributed by atoms with Gasteiger partial charge in [0.25, 0.3) is 5.56 Å². The first kappa shape index (κ1) is 15.3. The van der Waals surface area contributed by atoms with E-state index in [1.165, 1.54) is 0 Å². The first-order valence-corrected chi connectivity index (χ1v) is 7.37. The first-order valence-electron chi connectivity index (χ1n) is 6.99. The van der Waals surface area contributed by atoms with Gasteiger partial charge in [-0.15, -0.1) is 0 Å². The van der Waals surface area contributed by atoms with E-state index in [1.54, 1.807) is 18.2 Å². The number of pyridine rings is 1. The Morgan fingerprint density at radius 3 is 2.61 bits per heavy atom. The summed E-state index contributed by atoms with van der Waals surface area (Å²) in [4.78, 5) is 26.9. The van der Waals surface area contributed by atoms with Crippen LogP contribution in [0, 0.1) is 0 Å². The van der Waals surface area contributed by atoms with Crippen LogP contribution in [0.1, 0.15) is 5.56 Å². The first-order chi connectivity index (χ1) is 11.1. The van der Waals surface area contributed by atoms with Crippen molar-refractivity contribution in [3.63, 3.8) is 0 Å². The number of hydrazine groups is 1. The van der Waals surface area contributed by atoms with Crippen molar-refractivity contribution in [2.24, 2.45) is 5.84 Å². The fraction of sp³-hybridized carbons (Fsp3) is 0.0588. The molecule has 2 aromatic carbocycles. The molecule has 0 atom stereocenters. The minimum absolute atomic E-state index is 0.113. The van der Waals surface area contributed by atoms with Crippen LogP contribution in [-0.4, -0.2) is 10.9 Å². The summed E-state index contributed by atoms with van der Waals surface area (Å²) < 4.78 is 0. The van der Waals surface area contributed by atoms with E-state index in [4.69, 9.17) is 17.4 Å². The van der Waals surface area contributed by atoms with Crippen LogP contribution in [0.15, 0.2) is 53.3 Å². The lowest BCUT2D eigenvalue weighted by atomic mass is 9.94. The summed E-state index contributed by atoms with van der Waals surface area (Å²) in [6, 6.07) is 14.6. The predicted molar refractivity (Wildman–Crippen MR) is 91.0 cm³/mol. The summed E-state index contributed by atoms with van der Waals surface area (Å²) in [7, 11) is 0. The Hall–Kier alpha value is -2.63. The van der Waals surface area contributed by atoms with Gasteiger partial charge in [0.2, 0.25) is 5.91 Å². The zero-order chi connectivity index (χ0) is 16.4. The Kier molecular flexibility index (Phi) is 4.14. The number of hydrogen-bond donors (Lipinski definition) is 3. The quantitative estimate of drug-likeness (QED) is 0.392. The lowest BCUT2D eigenvalue weighted by Crippen LogP contribution is -2.33. The molecule has 0 bridgehead atoms. The molecule has 0 fully saturated rings. The monoisotopic (exact) mass is 327 g/mol. The second kappa shape index (κ2) is 6.24. The van der Waals surface area contributed by atoms with E-state index < -0.39 is 5.91 Å². The zero-order valence-corrected chi connectivity index (χ0v) is 12.9. The van der Waals surface area contributed by atoms with Crippen LogP contribution in [0.5, 0.6) is 0 Å². The van der Waals surface area contributed by atoms with Crippen molar-refractivity contribution >= 4 is 28.4 Å². The molecule has 0 saturated heterocycles. The normalized spacial score (nSPS) is 10.7. The standard InChI is InChI=1S/C17H14ClN3O2/c18-11-6-7-14-12(8-11)16(10-4-2-1-3-5-10)13(17(23)20-14)9-15(22)21-19/h1-8H,9,19H2,(H,20,23)(H,21,22). The van der Waals surface area contributed by atoms with Crippen molar-refractivity contribution in [3.8, 4) is 11.1 Å². The maximum absolute atomic E-state index is 12.5. The maximum atomic E-state index is 12.5. The average molecular weight is 328 g/mol. The molecular weight excluding hydrogens is 314 g/mol. The lowest BCUT2D eigenvalue weighted by molar-refractivity contribution is -0.120. The largest absolute Gasteiger partial charge is 0.322 e. The van der Waals surface area contributed by atoms with Crippen molar-refractivity contribution in [1.29, 1.82) is 0 Å². The molecule has 116 valence electrons. The van der Waals surface area contributed by atoms with E-state index in [0.29, 0.717) is 21.7 Å². The van der Waals surface area contributed by atoms with Crippen molar-refractivity contribution in [2.75, 3.05) is 0 Å². The molecule has 23 heavy (non-hydrogen) atoms. The number of rotatable bonds is 3. The molecule has 1 heterocycles. The maximum Gasteiger partial charge on any atom is 0.252 e. The summed E-state index contributed by atoms with van der Waals surface area (Å²) in [6.07, 6.45) is -0.113. The number of hydrogen-bond acceptors (Lipinski definition) is 3. The number of amides is 1. The molecule has 0 spiro atoms. The van der Waals surface area contributed by atoms with Crippen LogP contribution < -0.4 is 16.8 Å². The van der Waals surface area contributed by atoms with Gasteiger partial charge in [-0.1, -0.05) is 41.9 Å². The van der Waals surface area contributed by atoms with Gasteiger partial charge >= 0.3 is 0 Å². The number of H-pyrrole nitrogens is 1. The number of carbonyl (C=O) groups is 1. The third kappa shape index (κ3) is 2.97. The van der Waals surface area contributed by atoms with Crippen LogP contribution in [0.25, 0.3) is 22.0 Å². The molecule has 1 amide bonds. The molecule has 4 N–H and O–H groups in total. The predicted octanol–water partition coefficient (Wildman–Crippen LogP) is 2.38. The van der Waals surface area contributed by atoms with E-state index in [9.17, 15) is 9.59 Å². The summed E-state index contributed by atoms with van der Waals surface area (Å²) in [5, 5.41) is 1.33. The van der Waals surface area contributed by atoms with E-state index >= 15 is 0 Å². The molecule has 0 aliphatic carbocycles. The van der Waals surface area contributed by atoms with Crippen molar-refractivity contribution < 1.29 is 4.79 Å². The molecule has 3 aromatic rings. The van der Waals surface area contributed by atoms with Gasteiger partial charge in [0.1, 0.15) is 0 Å². The number of benzene rings is 2. The van der Waals surface area contributed by atoms with Crippen molar-refractivity contribution in [2.45, 2.75) is 6.42 Å². The number of aromatic amines is 1. The lowest BCUT2D eigenvalue weighted by Gasteiger charge is -2.13. The van der Waals surface area contributed by atoms with Crippen LogP contribution in [0.4, 0.5) is 0 Å². The van der Waals surface area contributed by atoms with Gasteiger partial charge < -0.3 is 4.98 Å². The molecule has 0 saturated carbocycles. The molecule has 3 rings (SSSR count).